The van der Waals surface area contributed by atoms with Gasteiger partial charge in [-0.05, 0) is 44.5 Å². The van der Waals surface area contributed by atoms with Crippen LogP contribution in [0.15, 0.2) is 30.3 Å². The number of amides is 1. The van der Waals surface area contributed by atoms with Crippen LogP contribution in [0.3, 0.4) is 0 Å². The summed E-state index contributed by atoms with van der Waals surface area (Å²) in [4.78, 5) is 25.1. The Morgan fingerprint density at radius 2 is 1.79 bits per heavy atom. The second-order valence-electron chi connectivity index (χ2n) is 5.98. The van der Waals surface area contributed by atoms with Crippen LogP contribution in [0, 0.1) is 0 Å². The maximum Gasteiger partial charge on any atom is 0.412 e. The lowest BCUT2D eigenvalue weighted by Crippen LogP contribution is -2.27. The minimum Gasteiger partial charge on any atom is -0.465 e. The highest BCUT2D eigenvalue weighted by molar-refractivity contribution is 7.18. The highest BCUT2D eigenvalue weighted by Gasteiger charge is 2.22. The number of methoxy groups -OCH3 is 1. The Kier molecular flexibility index (Phi) is 5.51. The van der Waals surface area contributed by atoms with Crippen LogP contribution in [0.25, 0.3) is 10.4 Å². The second kappa shape index (κ2) is 7.23. The summed E-state index contributed by atoms with van der Waals surface area (Å²) in [6.07, 6.45) is -0.631. The number of thiophene rings is 1. The molecule has 128 valence electrons. The van der Waals surface area contributed by atoms with Crippen LogP contribution in [0.4, 0.5) is 10.5 Å². The first-order valence-corrected chi connectivity index (χ1v) is 8.37. The van der Waals surface area contributed by atoms with E-state index in [9.17, 15) is 9.59 Å². The van der Waals surface area contributed by atoms with Crippen molar-refractivity contribution in [2.24, 2.45) is 0 Å². The van der Waals surface area contributed by atoms with Crippen molar-refractivity contribution in [1.29, 1.82) is 0 Å². The van der Waals surface area contributed by atoms with E-state index in [1.54, 1.807) is 39.0 Å². The minimum atomic E-state index is -0.634. The summed E-state index contributed by atoms with van der Waals surface area (Å²) >= 11 is 7.12. The Morgan fingerprint density at radius 3 is 2.33 bits per heavy atom. The number of hydrogen-bond acceptors (Lipinski definition) is 5. The molecule has 0 spiro atoms. The Bertz CT molecular complexity index is 747. The molecule has 1 aromatic carbocycles. The van der Waals surface area contributed by atoms with Crippen LogP contribution in [-0.2, 0) is 9.47 Å². The summed E-state index contributed by atoms with van der Waals surface area (Å²) in [6.45, 7) is 5.29. The van der Waals surface area contributed by atoms with Crippen molar-refractivity contribution in [3.8, 4) is 10.4 Å². The van der Waals surface area contributed by atoms with Gasteiger partial charge in [-0.15, -0.1) is 11.3 Å². The van der Waals surface area contributed by atoms with E-state index in [4.69, 9.17) is 21.1 Å². The molecule has 7 heteroatoms. The monoisotopic (exact) mass is 367 g/mol. The number of halogens is 1. The normalized spacial score (nSPS) is 11.0. The van der Waals surface area contributed by atoms with Crippen molar-refractivity contribution in [3.05, 3.63) is 40.2 Å². The zero-order chi connectivity index (χ0) is 17.9. The first-order valence-electron chi connectivity index (χ1n) is 7.17. The fraction of sp³-hybridized carbons (Fsp3) is 0.294. The molecule has 0 fully saturated rings. The molecule has 0 aliphatic heterocycles. The van der Waals surface area contributed by atoms with E-state index in [0.717, 1.165) is 10.4 Å². The lowest BCUT2D eigenvalue weighted by molar-refractivity contribution is 0.0607. The third-order valence-corrected chi connectivity index (χ3v) is 4.28. The predicted molar refractivity (Wildman–Crippen MR) is 96.0 cm³/mol. The number of rotatable bonds is 3. The number of esters is 1. The number of benzene rings is 1. The van der Waals surface area contributed by atoms with E-state index < -0.39 is 17.7 Å². The standard InChI is InChI=1S/C17H18ClNO4S/c1-17(2,3)23-16(21)19-12-9-13(24-14(12)15(20)22-4)10-5-7-11(18)8-6-10/h5-9H,1-4H3,(H,19,21). The number of anilines is 1. The van der Waals surface area contributed by atoms with E-state index in [2.05, 4.69) is 5.32 Å². The molecule has 2 aromatic rings. The van der Waals surface area contributed by atoms with Gasteiger partial charge in [-0.2, -0.15) is 0 Å². The van der Waals surface area contributed by atoms with Crippen LogP contribution in [-0.4, -0.2) is 24.8 Å². The minimum absolute atomic E-state index is 0.299. The molecular weight excluding hydrogens is 350 g/mol. The third kappa shape index (κ3) is 4.72. The number of ether oxygens (including phenoxy) is 2. The van der Waals surface area contributed by atoms with Gasteiger partial charge < -0.3 is 9.47 Å². The van der Waals surface area contributed by atoms with Crippen LogP contribution in [0.1, 0.15) is 30.4 Å². The number of carbonyl (C=O) groups is 2. The zero-order valence-electron chi connectivity index (χ0n) is 13.8. The van der Waals surface area contributed by atoms with E-state index in [-0.39, 0.29) is 0 Å². The predicted octanol–water partition coefficient (Wildman–Crippen LogP) is 5.20. The maximum atomic E-state index is 12.0. The van der Waals surface area contributed by atoms with Crippen molar-refractivity contribution >= 4 is 40.7 Å². The van der Waals surface area contributed by atoms with Gasteiger partial charge in [-0.1, -0.05) is 23.7 Å². The largest absolute Gasteiger partial charge is 0.465 e. The first-order chi connectivity index (χ1) is 11.2. The van der Waals surface area contributed by atoms with Gasteiger partial charge in [0.2, 0.25) is 0 Å². The SMILES string of the molecule is COC(=O)c1sc(-c2ccc(Cl)cc2)cc1NC(=O)OC(C)(C)C. The Labute approximate surface area is 149 Å². The molecule has 2 rings (SSSR count). The van der Waals surface area contributed by atoms with Gasteiger partial charge in [0.1, 0.15) is 10.5 Å². The van der Waals surface area contributed by atoms with Crippen LogP contribution in [0.2, 0.25) is 5.02 Å². The summed E-state index contributed by atoms with van der Waals surface area (Å²) in [7, 11) is 1.29. The lowest BCUT2D eigenvalue weighted by atomic mass is 10.2. The second-order valence-corrected chi connectivity index (χ2v) is 7.47. The fourth-order valence-electron chi connectivity index (χ4n) is 1.90. The zero-order valence-corrected chi connectivity index (χ0v) is 15.4. The summed E-state index contributed by atoms with van der Waals surface area (Å²) < 4.78 is 10.0. The Morgan fingerprint density at radius 1 is 1.17 bits per heavy atom. The molecule has 0 aliphatic carbocycles. The molecule has 0 saturated carbocycles. The van der Waals surface area contributed by atoms with E-state index in [0.29, 0.717) is 15.6 Å². The van der Waals surface area contributed by atoms with Crippen molar-refractivity contribution in [2.45, 2.75) is 26.4 Å². The Balaban J connectivity index is 2.33. The molecule has 0 atom stereocenters. The van der Waals surface area contributed by atoms with E-state index >= 15 is 0 Å². The van der Waals surface area contributed by atoms with Gasteiger partial charge in [-0.25, -0.2) is 9.59 Å². The van der Waals surface area contributed by atoms with Gasteiger partial charge >= 0.3 is 12.1 Å². The van der Waals surface area contributed by atoms with Gasteiger partial charge in [0.25, 0.3) is 0 Å². The molecule has 24 heavy (non-hydrogen) atoms. The molecule has 0 aliphatic rings. The van der Waals surface area contributed by atoms with Crippen LogP contribution >= 0.6 is 22.9 Å². The molecular formula is C17H18ClNO4S. The van der Waals surface area contributed by atoms with Crippen LogP contribution in [0.5, 0.6) is 0 Å². The summed E-state index contributed by atoms with van der Waals surface area (Å²) in [5, 5.41) is 3.23. The number of hydrogen-bond donors (Lipinski definition) is 1. The summed E-state index contributed by atoms with van der Waals surface area (Å²) in [6, 6.07) is 8.91. The molecule has 1 heterocycles. The van der Waals surface area contributed by atoms with Gasteiger partial charge in [0, 0.05) is 9.90 Å². The van der Waals surface area contributed by atoms with Crippen molar-refractivity contribution < 1.29 is 19.1 Å². The summed E-state index contributed by atoms with van der Waals surface area (Å²) in [5.74, 6) is -0.522. The first kappa shape index (κ1) is 18.3. The van der Waals surface area contributed by atoms with Crippen LogP contribution < -0.4 is 5.32 Å². The Hall–Kier alpha value is -2.05. The highest BCUT2D eigenvalue weighted by atomic mass is 35.5. The maximum absolute atomic E-state index is 12.0. The summed E-state index contributed by atoms with van der Waals surface area (Å²) in [5.41, 5.74) is 0.600. The average Bonchev–Trinajstić information content (AvgIpc) is 2.89. The number of nitrogens with one attached hydrogen (secondary N) is 1. The fourth-order valence-corrected chi connectivity index (χ4v) is 3.06. The molecule has 5 nitrogen and oxygen atoms in total. The molecule has 0 saturated heterocycles. The van der Waals surface area contributed by atoms with Gasteiger partial charge in [0.15, 0.2) is 0 Å². The molecule has 1 N–H and O–H groups in total. The smallest absolute Gasteiger partial charge is 0.412 e. The third-order valence-electron chi connectivity index (χ3n) is 2.87. The van der Waals surface area contributed by atoms with Crippen molar-refractivity contribution in [3.63, 3.8) is 0 Å². The molecule has 0 radical (unpaired) electrons. The van der Waals surface area contributed by atoms with E-state index in [1.807, 2.05) is 12.1 Å². The highest BCUT2D eigenvalue weighted by Crippen LogP contribution is 2.36. The van der Waals surface area contributed by atoms with E-state index in [1.165, 1.54) is 18.4 Å². The van der Waals surface area contributed by atoms with Gasteiger partial charge in [-0.3, -0.25) is 5.32 Å². The van der Waals surface area contributed by atoms with Crippen molar-refractivity contribution in [1.82, 2.24) is 0 Å². The topological polar surface area (TPSA) is 64.6 Å². The van der Waals surface area contributed by atoms with Gasteiger partial charge in [0.05, 0.1) is 12.8 Å². The molecule has 1 aromatic heterocycles. The van der Waals surface area contributed by atoms with Crippen molar-refractivity contribution in [2.75, 3.05) is 12.4 Å². The number of carbonyl (C=O) groups excluding carboxylic acids is 2. The quantitative estimate of drug-likeness (QED) is 0.757. The lowest BCUT2D eigenvalue weighted by Gasteiger charge is -2.19. The average molecular weight is 368 g/mol. The molecule has 1 amide bonds. The molecule has 0 bridgehead atoms. The molecule has 0 unspecified atom stereocenters.